The number of morpholine rings is 1. The predicted octanol–water partition coefficient (Wildman–Crippen LogP) is 3.68. The number of aryl methyl sites for hydroxylation is 1. The average Bonchev–Trinajstić information content (AvgIpc) is 2.88. The van der Waals surface area contributed by atoms with Gasteiger partial charge in [-0.05, 0) is 79.6 Å². The van der Waals surface area contributed by atoms with Crippen LogP contribution in [-0.2, 0) is 27.1 Å². The molecule has 0 aromatic heterocycles. The highest BCUT2D eigenvalue weighted by Crippen LogP contribution is 2.29. The molecule has 1 amide bonds. The van der Waals surface area contributed by atoms with Gasteiger partial charge in [-0.15, -0.1) is 0 Å². The number of hydrogen-bond acceptors (Lipinski definition) is 5. The van der Waals surface area contributed by atoms with Crippen LogP contribution < -0.4 is 4.90 Å². The minimum Gasteiger partial charge on any atom is -0.466 e. The van der Waals surface area contributed by atoms with Crippen LogP contribution in [0.25, 0.3) is 0 Å². The zero-order chi connectivity index (χ0) is 24.1. The maximum Gasteiger partial charge on any atom is 0.306 e. The summed E-state index contributed by atoms with van der Waals surface area (Å²) < 4.78 is 10.5. The molecule has 1 saturated heterocycles. The predicted molar refractivity (Wildman–Crippen MR) is 132 cm³/mol. The quantitative estimate of drug-likeness (QED) is 0.401. The molecule has 1 aliphatic carbocycles. The number of amidine groups is 1. The van der Waals surface area contributed by atoms with Gasteiger partial charge in [0, 0.05) is 43.4 Å². The minimum absolute atomic E-state index is 0.0625. The zero-order valence-corrected chi connectivity index (χ0v) is 20.0. The van der Waals surface area contributed by atoms with Crippen LogP contribution in [0, 0.1) is 11.3 Å². The molecule has 1 unspecified atom stereocenters. The van der Waals surface area contributed by atoms with Gasteiger partial charge in [0.2, 0.25) is 0 Å². The standard InChI is InChI=1S/C27H33N3O4/c1-3-34-25(31)17-19-4-5-22-18-23(7-6-21(22)16-19)27(32)29(2)24-10-8-20(9-11-24)26(28)30-12-14-33-15-13-30/h6-11,18-19,28H,3-5,12-17H2,1-2H3. The lowest BCUT2D eigenvalue weighted by molar-refractivity contribution is -0.144. The van der Waals surface area contributed by atoms with E-state index in [0.717, 1.165) is 43.6 Å². The molecule has 34 heavy (non-hydrogen) atoms. The highest BCUT2D eigenvalue weighted by Gasteiger charge is 2.23. The monoisotopic (exact) mass is 463 g/mol. The van der Waals surface area contributed by atoms with Crippen LogP contribution in [0.2, 0.25) is 0 Å². The van der Waals surface area contributed by atoms with Crippen molar-refractivity contribution in [3.8, 4) is 0 Å². The van der Waals surface area contributed by atoms with Crippen LogP contribution in [0.3, 0.4) is 0 Å². The number of carbonyl (C=O) groups is 2. The molecule has 0 bridgehead atoms. The normalized spacial score (nSPS) is 17.6. The summed E-state index contributed by atoms with van der Waals surface area (Å²) in [6, 6.07) is 13.5. The van der Waals surface area contributed by atoms with Crippen molar-refractivity contribution in [1.82, 2.24) is 4.90 Å². The largest absolute Gasteiger partial charge is 0.466 e. The second kappa shape index (κ2) is 10.8. The summed E-state index contributed by atoms with van der Waals surface area (Å²) in [5.74, 6) is 0.591. The fourth-order valence-corrected chi connectivity index (χ4v) is 4.72. The SMILES string of the molecule is CCOC(=O)CC1CCc2cc(C(=O)N(C)c3ccc(C(=N)N4CCOCC4)cc3)ccc2C1. The van der Waals surface area contributed by atoms with E-state index in [0.29, 0.717) is 43.6 Å². The smallest absolute Gasteiger partial charge is 0.306 e. The van der Waals surface area contributed by atoms with Crippen LogP contribution in [0.15, 0.2) is 42.5 Å². The molecule has 2 aliphatic rings. The van der Waals surface area contributed by atoms with Gasteiger partial charge in [0.1, 0.15) is 5.84 Å². The molecule has 7 heteroatoms. The summed E-state index contributed by atoms with van der Waals surface area (Å²) in [6.45, 7) is 4.98. The number of anilines is 1. The van der Waals surface area contributed by atoms with Gasteiger partial charge in [0.05, 0.1) is 19.8 Å². The molecule has 1 fully saturated rings. The van der Waals surface area contributed by atoms with Gasteiger partial charge >= 0.3 is 5.97 Å². The summed E-state index contributed by atoms with van der Waals surface area (Å²) in [6.07, 6.45) is 3.09. The molecule has 0 radical (unpaired) electrons. The number of esters is 1. The van der Waals surface area contributed by atoms with E-state index < -0.39 is 0 Å². The van der Waals surface area contributed by atoms with Crippen LogP contribution in [0.1, 0.15) is 46.8 Å². The molecule has 1 aliphatic heterocycles. The van der Waals surface area contributed by atoms with Gasteiger partial charge in [-0.3, -0.25) is 15.0 Å². The maximum atomic E-state index is 13.2. The molecule has 1 atom stereocenters. The summed E-state index contributed by atoms with van der Waals surface area (Å²) in [7, 11) is 1.78. The minimum atomic E-state index is -0.129. The summed E-state index contributed by atoms with van der Waals surface area (Å²) in [4.78, 5) is 28.7. The number of rotatable bonds is 6. The maximum absolute atomic E-state index is 13.2. The number of nitrogens with one attached hydrogen (secondary N) is 1. The molecular weight excluding hydrogens is 430 g/mol. The summed E-state index contributed by atoms with van der Waals surface area (Å²) >= 11 is 0. The Morgan fingerprint density at radius 1 is 1.09 bits per heavy atom. The van der Waals surface area contributed by atoms with Crippen molar-refractivity contribution < 1.29 is 19.1 Å². The first-order valence-corrected chi connectivity index (χ1v) is 12.0. The Balaban J connectivity index is 1.40. The van der Waals surface area contributed by atoms with E-state index in [1.54, 1.807) is 11.9 Å². The zero-order valence-electron chi connectivity index (χ0n) is 20.0. The third-order valence-electron chi connectivity index (χ3n) is 6.70. The van der Waals surface area contributed by atoms with Crippen molar-refractivity contribution in [3.05, 3.63) is 64.7 Å². The van der Waals surface area contributed by atoms with Gasteiger partial charge in [0.25, 0.3) is 5.91 Å². The van der Waals surface area contributed by atoms with E-state index in [1.807, 2.05) is 54.3 Å². The van der Waals surface area contributed by atoms with Gasteiger partial charge in [-0.2, -0.15) is 0 Å². The average molecular weight is 464 g/mol. The summed E-state index contributed by atoms with van der Waals surface area (Å²) in [5, 5.41) is 8.45. The molecular formula is C27H33N3O4. The second-order valence-electron chi connectivity index (χ2n) is 8.96. The van der Waals surface area contributed by atoms with E-state index in [-0.39, 0.29) is 11.9 Å². The van der Waals surface area contributed by atoms with Crippen LogP contribution >= 0.6 is 0 Å². The molecule has 0 saturated carbocycles. The van der Waals surface area contributed by atoms with Crippen molar-refractivity contribution in [3.63, 3.8) is 0 Å². The first-order chi connectivity index (χ1) is 16.5. The van der Waals surface area contributed by atoms with E-state index in [2.05, 4.69) is 0 Å². The Morgan fingerprint density at radius 3 is 2.50 bits per heavy atom. The lowest BCUT2D eigenvalue weighted by Crippen LogP contribution is -2.40. The Hall–Kier alpha value is -3.19. The van der Waals surface area contributed by atoms with Gasteiger partial charge in [-0.1, -0.05) is 6.07 Å². The third-order valence-corrected chi connectivity index (χ3v) is 6.70. The van der Waals surface area contributed by atoms with Crippen LogP contribution in [0.5, 0.6) is 0 Å². The lowest BCUT2D eigenvalue weighted by atomic mass is 9.81. The number of fused-ring (bicyclic) bond motifs is 1. The number of ether oxygens (including phenoxy) is 2. The van der Waals surface area contributed by atoms with Gasteiger partial charge < -0.3 is 19.3 Å². The molecule has 4 rings (SSSR count). The fraction of sp³-hybridized carbons (Fsp3) is 0.444. The van der Waals surface area contributed by atoms with Crippen LogP contribution in [-0.4, -0.2) is 62.6 Å². The van der Waals surface area contributed by atoms with Crippen molar-refractivity contribution in [1.29, 1.82) is 5.41 Å². The second-order valence-corrected chi connectivity index (χ2v) is 8.96. The van der Waals surface area contributed by atoms with Crippen LogP contribution in [0.4, 0.5) is 5.69 Å². The highest BCUT2D eigenvalue weighted by molar-refractivity contribution is 6.06. The number of benzene rings is 2. The van der Waals surface area contributed by atoms with Crippen molar-refractivity contribution in [2.24, 2.45) is 5.92 Å². The first kappa shape index (κ1) is 24.0. The van der Waals surface area contributed by atoms with E-state index in [4.69, 9.17) is 14.9 Å². The molecule has 2 aromatic carbocycles. The van der Waals surface area contributed by atoms with Crippen molar-refractivity contribution >= 4 is 23.4 Å². The van der Waals surface area contributed by atoms with Crippen molar-refractivity contribution in [2.75, 3.05) is 44.9 Å². The Bertz CT molecular complexity index is 1040. The van der Waals surface area contributed by atoms with Crippen molar-refractivity contribution in [2.45, 2.75) is 32.6 Å². The number of carbonyl (C=O) groups excluding carboxylic acids is 2. The number of amides is 1. The highest BCUT2D eigenvalue weighted by atomic mass is 16.5. The Labute approximate surface area is 201 Å². The third kappa shape index (κ3) is 5.47. The molecule has 1 heterocycles. The number of nitrogens with zero attached hydrogens (tertiary/aromatic N) is 2. The fourth-order valence-electron chi connectivity index (χ4n) is 4.72. The summed E-state index contributed by atoms with van der Waals surface area (Å²) in [5.41, 5.74) is 4.68. The van der Waals surface area contributed by atoms with E-state index >= 15 is 0 Å². The molecule has 1 N–H and O–H groups in total. The molecule has 0 spiro atoms. The Morgan fingerprint density at radius 2 is 1.79 bits per heavy atom. The van der Waals surface area contributed by atoms with E-state index in [1.165, 1.54) is 11.1 Å². The molecule has 7 nitrogen and oxygen atoms in total. The molecule has 2 aromatic rings. The van der Waals surface area contributed by atoms with Gasteiger partial charge in [0.15, 0.2) is 0 Å². The topological polar surface area (TPSA) is 82.9 Å². The van der Waals surface area contributed by atoms with E-state index in [9.17, 15) is 9.59 Å². The molecule has 180 valence electrons. The Kier molecular flexibility index (Phi) is 7.63. The lowest BCUT2D eigenvalue weighted by Gasteiger charge is -2.29. The number of hydrogen-bond donors (Lipinski definition) is 1. The van der Waals surface area contributed by atoms with Gasteiger partial charge in [-0.25, -0.2) is 0 Å². The first-order valence-electron chi connectivity index (χ1n) is 12.0.